The molecule has 0 bridgehead atoms. The number of hydrogen-bond acceptors (Lipinski definition) is 3. The van der Waals surface area contributed by atoms with E-state index in [1.807, 2.05) is 31.2 Å². The summed E-state index contributed by atoms with van der Waals surface area (Å²) in [4.78, 5) is 38.5. The lowest BCUT2D eigenvalue weighted by molar-refractivity contribution is -0.146. The van der Waals surface area contributed by atoms with Crippen LogP contribution in [0.5, 0.6) is 0 Å². The number of carbonyl (C=O) groups excluding carboxylic acids is 3. The zero-order chi connectivity index (χ0) is 16.6. The summed E-state index contributed by atoms with van der Waals surface area (Å²) >= 11 is 0. The van der Waals surface area contributed by atoms with Crippen molar-refractivity contribution in [3.05, 3.63) is 42.0 Å². The van der Waals surface area contributed by atoms with E-state index < -0.39 is 6.04 Å². The van der Waals surface area contributed by atoms with E-state index in [1.165, 1.54) is 0 Å². The van der Waals surface area contributed by atoms with Crippen molar-refractivity contribution in [1.82, 2.24) is 4.90 Å². The number of likely N-dealkylation sites (tertiary alicyclic amines) is 1. The van der Waals surface area contributed by atoms with Gasteiger partial charge in [-0.3, -0.25) is 19.3 Å². The molecule has 1 aliphatic heterocycles. The molecule has 1 aromatic carbocycles. The highest BCUT2D eigenvalue weighted by Crippen LogP contribution is 2.36. The molecule has 0 unspecified atom stereocenters. The molecule has 0 spiro atoms. The quantitative estimate of drug-likeness (QED) is 0.688. The van der Waals surface area contributed by atoms with E-state index in [-0.39, 0.29) is 29.6 Å². The number of nitrogens with zero attached hydrogens (tertiary/aromatic N) is 1. The first-order chi connectivity index (χ1) is 11.0. The maximum absolute atomic E-state index is 12.5. The fourth-order valence-electron chi connectivity index (χ4n) is 3.21. The van der Waals surface area contributed by atoms with Crippen LogP contribution in [0.2, 0.25) is 0 Å². The van der Waals surface area contributed by atoms with Gasteiger partial charge < -0.3 is 5.32 Å². The molecule has 23 heavy (non-hydrogen) atoms. The Kier molecular flexibility index (Phi) is 4.03. The number of fused-ring (bicyclic) bond motifs is 1. The maximum Gasteiger partial charge on any atom is 0.247 e. The monoisotopic (exact) mass is 312 g/mol. The molecule has 3 amide bonds. The number of imide groups is 1. The molecule has 0 aromatic heterocycles. The van der Waals surface area contributed by atoms with Gasteiger partial charge in [-0.25, -0.2) is 0 Å². The summed E-state index contributed by atoms with van der Waals surface area (Å²) < 4.78 is 0. The molecule has 5 heteroatoms. The normalized spacial score (nSPS) is 24.5. The number of nitrogens with one attached hydrogen (secondary N) is 1. The van der Waals surface area contributed by atoms with Gasteiger partial charge in [0, 0.05) is 5.69 Å². The summed E-state index contributed by atoms with van der Waals surface area (Å²) in [5.41, 5.74) is 1.75. The average Bonchev–Trinajstić information content (AvgIpc) is 2.81. The molecule has 3 atom stereocenters. The lowest BCUT2D eigenvalue weighted by atomic mass is 9.85. The fourth-order valence-corrected chi connectivity index (χ4v) is 3.21. The van der Waals surface area contributed by atoms with E-state index in [2.05, 4.69) is 5.32 Å². The molecule has 1 heterocycles. The Morgan fingerprint density at radius 3 is 2.13 bits per heavy atom. The minimum Gasteiger partial charge on any atom is -0.324 e. The molecule has 1 fully saturated rings. The molecule has 3 rings (SSSR count). The van der Waals surface area contributed by atoms with Crippen molar-refractivity contribution in [2.75, 3.05) is 5.32 Å². The van der Waals surface area contributed by atoms with Gasteiger partial charge in [0.1, 0.15) is 6.04 Å². The summed E-state index contributed by atoms with van der Waals surface area (Å²) in [7, 11) is 0. The molecule has 1 saturated heterocycles. The third kappa shape index (κ3) is 2.79. The molecule has 120 valence electrons. The van der Waals surface area contributed by atoms with Gasteiger partial charge in [-0.2, -0.15) is 0 Å². The molecule has 1 aromatic rings. The first-order valence-electron chi connectivity index (χ1n) is 7.88. The largest absolute Gasteiger partial charge is 0.324 e. The van der Waals surface area contributed by atoms with Crippen LogP contribution in [-0.2, 0) is 14.4 Å². The highest BCUT2D eigenvalue weighted by atomic mass is 16.2. The third-order valence-electron chi connectivity index (χ3n) is 4.63. The lowest BCUT2D eigenvalue weighted by Crippen LogP contribution is -2.46. The molecule has 2 aliphatic rings. The van der Waals surface area contributed by atoms with E-state index in [1.54, 1.807) is 19.1 Å². The molecule has 5 nitrogen and oxygen atoms in total. The standard InChI is InChI=1S/C18H20N2O3/c1-11-7-9-13(10-8-11)19-16(21)12(2)20-17(22)14-5-3-4-6-15(14)18(20)23/h3-4,7-10,12,14-15H,5-6H2,1-2H3,(H,19,21)/t12-,14+,15+/m0/s1. The van der Waals surface area contributed by atoms with Gasteiger partial charge in [-0.1, -0.05) is 29.8 Å². The second-order valence-electron chi connectivity index (χ2n) is 6.23. The average molecular weight is 312 g/mol. The van der Waals surface area contributed by atoms with Gasteiger partial charge in [-0.05, 0) is 38.8 Å². The van der Waals surface area contributed by atoms with Crippen molar-refractivity contribution in [3.8, 4) is 0 Å². The molecular formula is C18H20N2O3. The number of benzene rings is 1. The Balaban J connectivity index is 1.73. The zero-order valence-electron chi connectivity index (χ0n) is 13.3. The van der Waals surface area contributed by atoms with Gasteiger partial charge in [0.05, 0.1) is 11.8 Å². The number of amides is 3. The smallest absolute Gasteiger partial charge is 0.247 e. The molecule has 0 radical (unpaired) electrons. The van der Waals surface area contributed by atoms with Crippen LogP contribution < -0.4 is 5.32 Å². The van der Waals surface area contributed by atoms with Crippen molar-refractivity contribution in [3.63, 3.8) is 0 Å². The predicted octanol–water partition coefficient (Wildman–Crippen LogP) is 2.27. The zero-order valence-corrected chi connectivity index (χ0v) is 13.3. The van der Waals surface area contributed by atoms with E-state index in [0.717, 1.165) is 10.5 Å². The Morgan fingerprint density at radius 1 is 1.09 bits per heavy atom. The minimum atomic E-state index is -0.804. The van der Waals surface area contributed by atoms with Crippen LogP contribution in [0.15, 0.2) is 36.4 Å². The second kappa shape index (κ2) is 5.99. The van der Waals surface area contributed by atoms with Gasteiger partial charge in [0.25, 0.3) is 0 Å². The first kappa shape index (κ1) is 15.5. The number of aryl methyl sites for hydroxylation is 1. The SMILES string of the molecule is Cc1ccc(NC(=O)[C@H](C)N2C(=O)[C@@H]3CC=CC[C@H]3C2=O)cc1. The van der Waals surface area contributed by atoms with Gasteiger partial charge >= 0.3 is 0 Å². The number of anilines is 1. The minimum absolute atomic E-state index is 0.226. The predicted molar refractivity (Wildman–Crippen MR) is 86.5 cm³/mol. The lowest BCUT2D eigenvalue weighted by Gasteiger charge is -2.22. The van der Waals surface area contributed by atoms with Crippen molar-refractivity contribution in [2.24, 2.45) is 11.8 Å². The van der Waals surface area contributed by atoms with E-state index >= 15 is 0 Å². The maximum atomic E-state index is 12.5. The van der Waals surface area contributed by atoms with E-state index in [9.17, 15) is 14.4 Å². The first-order valence-corrected chi connectivity index (χ1v) is 7.88. The van der Waals surface area contributed by atoms with Crippen molar-refractivity contribution in [1.29, 1.82) is 0 Å². The van der Waals surface area contributed by atoms with Gasteiger partial charge in [0.15, 0.2) is 0 Å². The number of hydrogen-bond donors (Lipinski definition) is 1. The van der Waals surface area contributed by atoms with Crippen LogP contribution in [0.1, 0.15) is 25.3 Å². The number of allylic oxidation sites excluding steroid dienone is 2. The number of rotatable bonds is 3. The van der Waals surface area contributed by atoms with Crippen molar-refractivity contribution < 1.29 is 14.4 Å². The summed E-state index contributed by atoms with van der Waals surface area (Å²) in [6, 6.07) is 6.59. The molecule has 1 N–H and O–H groups in total. The van der Waals surface area contributed by atoms with Crippen molar-refractivity contribution >= 4 is 23.4 Å². The Labute approximate surface area is 135 Å². The summed E-state index contributed by atoms with van der Waals surface area (Å²) in [5.74, 6) is -1.40. The Bertz CT molecular complexity index is 652. The summed E-state index contributed by atoms with van der Waals surface area (Å²) in [5, 5.41) is 2.77. The van der Waals surface area contributed by atoms with Crippen LogP contribution in [-0.4, -0.2) is 28.7 Å². The Hall–Kier alpha value is -2.43. The topological polar surface area (TPSA) is 66.5 Å². The molecule has 0 saturated carbocycles. The third-order valence-corrected chi connectivity index (χ3v) is 4.63. The summed E-state index contributed by atoms with van der Waals surface area (Å²) in [6.07, 6.45) is 5.04. The van der Waals surface area contributed by atoms with Crippen molar-refractivity contribution in [2.45, 2.75) is 32.7 Å². The van der Waals surface area contributed by atoms with Crippen LogP contribution in [0, 0.1) is 18.8 Å². The fraction of sp³-hybridized carbons (Fsp3) is 0.389. The molecular weight excluding hydrogens is 292 g/mol. The van der Waals surface area contributed by atoms with Gasteiger partial charge in [0.2, 0.25) is 17.7 Å². The second-order valence-corrected chi connectivity index (χ2v) is 6.23. The van der Waals surface area contributed by atoms with Gasteiger partial charge in [-0.15, -0.1) is 0 Å². The van der Waals surface area contributed by atoms with E-state index in [0.29, 0.717) is 18.5 Å². The highest BCUT2D eigenvalue weighted by Gasteiger charge is 2.50. The molecule has 1 aliphatic carbocycles. The highest BCUT2D eigenvalue weighted by molar-refractivity contribution is 6.10. The Morgan fingerprint density at radius 2 is 1.61 bits per heavy atom. The number of carbonyl (C=O) groups is 3. The van der Waals surface area contributed by atoms with E-state index in [4.69, 9.17) is 0 Å². The van der Waals surface area contributed by atoms with Crippen LogP contribution in [0.4, 0.5) is 5.69 Å². The van der Waals surface area contributed by atoms with Crippen LogP contribution in [0.3, 0.4) is 0 Å². The summed E-state index contributed by atoms with van der Waals surface area (Å²) in [6.45, 7) is 3.57. The van der Waals surface area contributed by atoms with Crippen LogP contribution in [0.25, 0.3) is 0 Å². The van der Waals surface area contributed by atoms with Crippen LogP contribution >= 0.6 is 0 Å².